The summed E-state index contributed by atoms with van der Waals surface area (Å²) in [5, 5.41) is 6.69. The van der Waals surface area contributed by atoms with Gasteiger partial charge in [-0.25, -0.2) is 0 Å². The van der Waals surface area contributed by atoms with Crippen LogP contribution in [-0.2, 0) is 10.7 Å². The molecule has 0 aliphatic heterocycles. The van der Waals surface area contributed by atoms with E-state index in [1.807, 2.05) is 12.1 Å². The summed E-state index contributed by atoms with van der Waals surface area (Å²) < 4.78 is 11.7. The number of hydrogen-bond acceptors (Lipinski definition) is 1. The summed E-state index contributed by atoms with van der Waals surface area (Å²) in [6, 6.07) is 16.6. The Kier molecular flexibility index (Phi) is 3.43. The van der Waals surface area contributed by atoms with Crippen molar-refractivity contribution in [1.29, 1.82) is 0 Å². The molecule has 0 aliphatic carbocycles. The van der Waals surface area contributed by atoms with Crippen LogP contribution in [0.3, 0.4) is 0 Å². The molecule has 0 atom stereocenters. The first-order valence-corrected chi connectivity index (χ1v) is 9.89. The normalized spacial score (nSPS) is 12.9. The van der Waals surface area contributed by atoms with Crippen molar-refractivity contribution in [2.45, 2.75) is 25.9 Å². The Morgan fingerprint density at radius 1 is 0.917 bits per heavy atom. The fraction of sp³-hybridized carbons (Fsp3) is 0.200. The summed E-state index contributed by atoms with van der Waals surface area (Å²) in [7, 11) is -4.15. The van der Waals surface area contributed by atoms with Crippen molar-refractivity contribution in [3.05, 3.63) is 59.7 Å². The van der Waals surface area contributed by atoms with Crippen LogP contribution in [0.1, 0.15) is 30.9 Å². The maximum Gasteiger partial charge on any atom is 0.329 e. The smallest absolute Gasteiger partial charge is 0.324 e. The van der Waals surface area contributed by atoms with Crippen LogP contribution in [-0.4, -0.2) is 9.79 Å². The highest BCUT2D eigenvalue weighted by molar-refractivity contribution is 7.50. The molecule has 0 aliphatic rings. The van der Waals surface area contributed by atoms with Gasteiger partial charge in [-0.05, 0) is 49.4 Å². The maximum atomic E-state index is 11.7. The summed E-state index contributed by atoms with van der Waals surface area (Å²) in [4.78, 5) is 19.2. The molecule has 0 saturated heterocycles. The van der Waals surface area contributed by atoms with Gasteiger partial charge in [0, 0.05) is 0 Å². The molecule has 122 valence electrons. The van der Waals surface area contributed by atoms with Crippen molar-refractivity contribution < 1.29 is 14.4 Å². The van der Waals surface area contributed by atoms with Gasteiger partial charge < -0.3 is 9.79 Å². The summed E-state index contributed by atoms with van der Waals surface area (Å²) in [5.41, 5.74) is 1.80. The van der Waals surface area contributed by atoms with Gasteiger partial charge in [-0.3, -0.25) is 4.57 Å². The van der Waals surface area contributed by atoms with Crippen LogP contribution >= 0.6 is 7.60 Å². The van der Waals surface area contributed by atoms with Gasteiger partial charge in [-0.15, -0.1) is 0 Å². The van der Waals surface area contributed by atoms with Gasteiger partial charge in [0.25, 0.3) is 0 Å². The van der Waals surface area contributed by atoms with Gasteiger partial charge in [0.1, 0.15) is 0 Å². The van der Waals surface area contributed by atoms with Crippen LogP contribution in [0.25, 0.3) is 32.3 Å². The van der Waals surface area contributed by atoms with E-state index in [2.05, 4.69) is 50.2 Å². The Labute approximate surface area is 140 Å². The molecule has 0 amide bonds. The molecule has 0 spiro atoms. The summed E-state index contributed by atoms with van der Waals surface area (Å²) in [6.07, 6.45) is -0.214. The third-order valence-electron chi connectivity index (χ3n) is 4.78. The number of rotatable bonds is 3. The first-order valence-electron chi connectivity index (χ1n) is 8.09. The van der Waals surface area contributed by atoms with E-state index in [1.54, 1.807) is 0 Å². The zero-order chi connectivity index (χ0) is 17.1. The molecule has 4 aromatic rings. The maximum absolute atomic E-state index is 11.7. The van der Waals surface area contributed by atoms with E-state index in [0.717, 1.165) is 38.1 Å². The average Bonchev–Trinajstić information content (AvgIpc) is 2.52. The van der Waals surface area contributed by atoms with E-state index >= 15 is 0 Å². The van der Waals surface area contributed by atoms with Crippen molar-refractivity contribution in [2.24, 2.45) is 0 Å². The van der Waals surface area contributed by atoms with Crippen molar-refractivity contribution in [3.63, 3.8) is 0 Å². The van der Waals surface area contributed by atoms with Crippen molar-refractivity contribution in [3.8, 4) is 0 Å². The molecule has 0 unspecified atom stereocenters. The van der Waals surface area contributed by atoms with Crippen LogP contribution in [0.2, 0.25) is 0 Å². The molecule has 0 radical (unpaired) electrons. The van der Waals surface area contributed by atoms with Crippen molar-refractivity contribution >= 4 is 39.9 Å². The van der Waals surface area contributed by atoms with Crippen LogP contribution in [0.15, 0.2) is 48.5 Å². The quantitative estimate of drug-likeness (QED) is 0.389. The average molecular weight is 338 g/mol. The summed E-state index contributed by atoms with van der Waals surface area (Å²) in [6.45, 7) is 4.13. The lowest BCUT2D eigenvalue weighted by molar-refractivity contribution is 0.371. The van der Waals surface area contributed by atoms with Crippen LogP contribution in [0, 0.1) is 0 Å². The van der Waals surface area contributed by atoms with Crippen molar-refractivity contribution in [1.82, 2.24) is 0 Å². The molecule has 0 fully saturated rings. The lowest BCUT2D eigenvalue weighted by atomic mass is 9.87. The molecule has 0 saturated carbocycles. The van der Waals surface area contributed by atoms with E-state index in [0.29, 0.717) is 0 Å². The zero-order valence-electron chi connectivity index (χ0n) is 13.7. The van der Waals surface area contributed by atoms with E-state index in [9.17, 15) is 14.4 Å². The second-order valence-electron chi connectivity index (χ2n) is 6.78. The Hall–Kier alpha value is -1.93. The van der Waals surface area contributed by atoms with Crippen LogP contribution in [0.4, 0.5) is 0 Å². The van der Waals surface area contributed by atoms with Crippen LogP contribution < -0.4 is 0 Å². The van der Waals surface area contributed by atoms with Gasteiger partial charge in [-0.2, -0.15) is 0 Å². The van der Waals surface area contributed by atoms with E-state index in [-0.39, 0.29) is 12.1 Å². The lowest BCUT2D eigenvalue weighted by Gasteiger charge is -2.20. The third kappa shape index (κ3) is 2.41. The molecular formula is C20H19O3P. The Balaban J connectivity index is 2.21. The fourth-order valence-corrected chi connectivity index (χ4v) is 4.55. The Bertz CT molecular complexity index is 1090. The highest BCUT2D eigenvalue weighted by Gasteiger charge is 2.22. The van der Waals surface area contributed by atoms with E-state index in [1.165, 1.54) is 5.39 Å². The van der Waals surface area contributed by atoms with Crippen molar-refractivity contribution in [2.75, 3.05) is 0 Å². The lowest BCUT2D eigenvalue weighted by Crippen LogP contribution is -2.00. The van der Waals surface area contributed by atoms with Gasteiger partial charge in [0.2, 0.25) is 0 Å². The highest BCUT2D eigenvalue weighted by atomic mass is 31.2. The first kappa shape index (κ1) is 15.6. The minimum absolute atomic E-state index is 0.202. The molecule has 3 nitrogen and oxygen atoms in total. The standard InChI is InChI=1S/C20H19O3P/c1-12(2)17-10-15-7-6-13-4-3-5-14-8-9-16(20(15)19(13)14)18(17)11-24(21,22)23/h3-10,12H,11H2,1-2H3,(H2,21,22,23). The summed E-state index contributed by atoms with van der Waals surface area (Å²) >= 11 is 0. The molecule has 4 rings (SSSR count). The number of benzene rings is 4. The molecule has 2 N–H and O–H groups in total. The minimum atomic E-state index is -4.15. The fourth-order valence-electron chi connectivity index (χ4n) is 3.79. The molecular weight excluding hydrogens is 319 g/mol. The molecule has 4 aromatic carbocycles. The first-order chi connectivity index (χ1) is 11.3. The van der Waals surface area contributed by atoms with E-state index < -0.39 is 7.60 Å². The molecule has 0 heterocycles. The topological polar surface area (TPSA) is 57.5 Å². The van der Waals surface area contributed by atoms with Gasteiger partial charge >= 0.3 is 7.60 Å². The second kappa shape index (κ2) is 5.29. The molecule has 24 heavy (non-hydrogen) atoms. The molecule has 0 bridgehead atoms. The van der Waals surface area contributed by atoms with E-state index in [4.69, 9.17) is 0 Å². The highest BCUT2D eigenvalue weighted by Crippen LogP contribution is 2.46. The number of hydrogen-bond donors (Lipinski definition) is 2. The van der Waals surface area contributed by atoms with Gasteiger partial charge in [0.05, 0.1) is 6.16 Å². The predicted octanol–water partition coefficient (Wildman–Crippen LogP) is 5.39. The SMILES string of the molecule is CC(C)c1cc2ccc3cccc4ccc(c1CP(=O)(O)O)c2c34. The minimum Gasteiger partial charge on any atom is -0.324 e. The molecule has 0 aromatic heterocycles. The third-order valence-corrected chi connectivity index (χ3v) is 5.51. The monoisotopic (exact) mass is 338 g/mol. The Morgan fingerprint density at radius 2 is 1.54 bits per heavy atom. The van der Waals surface area contributed by atoms with Crippen LogP contribution in [0.5, 0.6) is 0 Å². The predicted molar refractivity (Wildman–Crippen MR) is 100.0 cm³/mol. The summed E-state index contributed by atoms with van der Waals surface area (Å²) in [5.74, 6) is 0.202. The molecule has 4 heteroatoms. The van der Waals surface area contributed by atoms with Gasteiger partial charge in [-0.1, -0.05) is 62.4 Å². The Morgan fingerprint density at radius 3 is 2.17 bits per heavy atom. The largest absolute Gasteiger partial charge is 0.329 e. The second-order valence-corrected chi connectivity index (χ2v) is 8.42. The van der Waals surface area contributed by atoms with Gasteiger partial charge in [0.15, 0.2) is 0 Å². The zero-order valence-corrected chi connectivity index (χ0v) is 14.5.